The summed E-state index contributed by atoms with van der Waals surface area (Å²) >= 11 is 0. The van der Waals surface area contributed by atoms with Crippen LogP contribution in [0.1, 0.15) is 6.42 Å². The Balaban J connectivity index is 4.15. The molecular formula is C5H6F6O2. The molecule has 0 aromatic rings. The van der Waals surface area contributed by atoms with E-state index in [9.17, 15) is 26.3 Å². The number of aliphatic hydroxyl groups excluding tert-OH is 2. The highest BCUT2D eigenvalue weighted by Crippen LogP contribution is 2.29. The zero-order valence-corrected chi connectivity index (χ0v) is 6.02. The summed E-state index contributed by atoms with van der Waals surface area (Å²) in [6.07, 6.45) is -18.4. The van der Waals surface area contributed by atoms with Crippen LogP contribution in [0.25, 0.3) is 0 Å². The fourth-order valence-electron chi connectivity index (χ4n) is 0.479. The van der Waals surface area contributed by atoms with Crippen LogP contribution in [0.3, 0.4) is 0 Å². The maximum Gasteiger partial charge on any atom is 0.414 e. The van der Waals surface area contributed by atoms with E-state index in [2.05, 4.69) is 0 Å². The number of hydrogen-bond acceptors (Lipinski definition) is 2. The lowest BCUT2D eigenvalue weighted by Gasteiger charge is -2.19. The number of hydrogen-bond donors (Lipinski definition) is 2. The van der Waals surface area contributed by atoms with Gasteiger partial charge >= 0.3 is 12.4 Å². The van der Waals surface area contributed by atoms with Crippen LogP contribution in [0, 0.1) is 0 Å². The molecule has 0 amide bonds. The molecular weight excluding hydrogens is 206 g/mol. The summed E-state index contributed by atoms with van der Waals surface area (Å²) in [5, 5.41) is 16.3. The van der Waals surface area contributed by atoms with Crippen molar-refractivity contribution >= 4 is 0 Å². The Morgan fingerprint density at radius 2 is 1.00 bits per heavy atom. The van der Waals surface area contributed by atoms with E-state index in [1.165, 1.54) is 0 Å². The van der Waals surface area contributed by atoms with Crippen molar-refractivity contribution < 1.29 is 36.6 Å². The predicted molar refractivity (Wildman–Crippen MR) is 28.7 cm³/mol. The van der Waals surface area contributed by atoms with E-state index >= 15 is 0 Å². The van der Waals surface area contributed by atoms with Gasteiger partial charge in [0.2, 0.25) is 0 Å². The van der Waals surface area contributed by atoms with E-state index < -0.39 is 31.0 Å². The zero-order valence-electron chi connectivity index (χ0n) is 6.02. The van der Waals surface area contributed by atoms with E-state index in [0.29, 0.717) is 0 Å². The van der Waals surface area contributed by atoms with Crippen LogP contribution in [0.5, 0.6) is 0 Å². The number of alkyl halides is 6. The van der Waals surface area contributed by atoms with Gasteiger partial charge in [0.15, 0.2) is 12.2 Å². The van der Waals surface area contributed by atoms with Gasteiger partial charge in [0, 0.05) is 6.42 Å². The largest absolute Gasteiger partial charge is 0.414 e. The Labute approximate surface area is 68.8 Å². The lowest BCUT2D eigenvalue weighted by molar-refractivity contribution is -0.244. The summed E-state index contributed by atoms with van der Waals surface area (Å²) in [5.74, 6) is 0. The Hall–Kier alpha value is -0.500. The van der Waals surface area contributed by atoms with Crippen LogP contribution in [0.2, 0.25) is 0 Å². The molecule has 2 nitrogen and oxygen atoms in total. The summed E-state index contributed by atoms with van der Waals surface area (Å²) < 4.78 is 68.8. The Morgan fingerprint density at radius 1 is 0.769 bits per heavy atom. The molecule has 0 heterocycles. The first-order chi connectivity index (χ1) is 5.55. The molecule has 0 unspecified atom stereocenters. The van der Waals surface area contributed by atoms with Crippen molar-refractivity contribution in [1.29, 1.82) is 0 Å². The van der Waals surface area contributed by atoms with Crippen molar-refractivity contribution in [3.8, 4) is 0 Å². The Morgan fingerprint density at radius 3 is 1.15 bits per heavy atom. The van der Waals surface area contributed by atoms with Crippen LogP contribution in [0.4, 0.5) is 26.3 Å². The van der Waals surface area contributed by atoms with Crippen molar-refractivity contribution in [3.63, 3.8) is 0 Å². The molecule has 0 rings (SSSR count). The number of rotatable bonds is 2. The molecule has 0 spiro atoms. The summed E-state index contributed by atoms with van der Waals surface area (Å²) in [5.41, 5.74) is 0. The minimum Gasteiger partial charge on any atom is -0.384 e. The van der Waals surface area contributed by atoms with Crippen LogP contribution < -0.4 is 0 Å². The van der Waals surface area contributed by atoms with E-state index in [0.717, 1.165) is 0 Å². The van der Waals surface area contributed by atoms with E-state index in [1.807, 2.05) is 0 Å². The molecule has 80 valence electrons. The van der Waals surface area contributed by atoms with Gasteiger partial charge in [-0.25, -0.2) is 0 Å². The summed E-state index contributed by atoms with van der Waals surface area (Å²) in [6, 6.07) is 0. The SMILES string of the molecule is O[C@@H](C[C@H](O)C(F)(F)F)C(F)(F)F. The Bertz CT molecular complexity index is 143. The second kappa shape index (κ2) is 3.70. The fourth-order valence-corrected chi connectivity index (χ4v) is 0.479. The van der Waals surface area contributed by atoms with Gasteiger partial charge in [-0.3, -0.25) is 0 Å². The highest BCUT2D eigenvalue weighted by molar-refractivity contribution is 4.74. The third-order valence-corrected chi connectivity index (χ3v) is 1.20. The molecule has 8 heteroatoms. The summed E-state index contributed by atoms with van der Waals surface area (Å²) in [4.78, 5) is 0. The second-order valence-electron chi connectivity index (χ2n) is 2.35. The normalized spacial score (nSPS) is 18.5. The molecule has 0 saturated heterocycles. The van der Waals surface area contributed by atoms with Crippen molar-refractivity contribution in [2.24, 2.45) is 0 Å². The summed E-state index contributed by atoms with van der Waals surface area (Å²) in [7, 11) is 0. The van der Waals surface area contributed by atoms with Gasteiger partial charge in [0.25, 0.3) is 0 Å². The van der Waals surface area contributed by atoms with Gasteiger partial charge in [-0.15, -0.1) is 0 Å². The number of halogens is 6. The smallest absolute Gasteiger partial charge is 0.384 e. The minimum absolute atomic E-state index is 1.80. The topological polar surface area (TPSA) is 40.5 Å². The van der Waals surface area contributed by atoms with Gasteiger partial charge in [-0.1, -0.05) is 0 Å². The molecule has 0 aromatic heterocycles. The standard InChI is InChI=1S/C5H6F6O2/c6-4(7,8)2(12)1-3(13)5(9,10)11/h2-3,12-13H,1H2/t2-,3-/m0/s1. The van der Waals surface area contributed by atoms with Gasteiger partial charge in [-0.05, 0) is 0 Å². The fraction of sp³-hybridized carbons (Fsp3) is 1.00. The molecule has 2 atom stereocenters. The highest BCUT2D eigenvalue weighted by atomic mass is 19.4. The summed E-state index contributed by atoms with van der Waals surface area (Å²) in [6.45, 7) is 0. The molecule has 0 saturated carbocycles. The molecule has 0 aromatic carbocycles. The molecule has 0 aliphatic carbocycles. The monoisotopic (exact) mass is 212 g/mol. The average molecular weight is 212 g/mol. The molecule has 0 fully saturated rings. The van der Waals surface area contributed by atoms with E-state index in [4.69, 9.17) is 10.2 Å². The Kier molecular flexibility index (Phi) is 3.56. The van der Waals surface area contributed by atoms with Crippen LogP contribution >= 0.6 is 0 Å². The highest BCUT2D eigenvalue weighted by Gasteiger charge is 2.46. The third kappa shape index (κ3) is 4.32. The van der Waals surface area contributed by atoms with E-state index in [-0.39, 0.29) is 0 Å². The molecule has 0 radical (unpaired) electrons. The second-order valence-corrected chi connectivity index (χ2v) is 2.35. The number of aliphatic hydroxyl groups is 2. The van der Waals surface area contributed by atoms with Crippen LogP contribution in [0.15, 0.2) is 0 Å². The average Bonchev–Trinajstić information content (AvgIpc) is 1.82. The first-order valence-corrected chi connectivity index (χ1v) is 3.04. The van der Waals surface area contributed by atoms with Crippen molar-refractivity contribution in [3.05, 3.63) is 0 Å². The zero-order chi connectivity index (χ0) is 10.9. The molecule has 2 N–H and O–H groups in total. The van der Waals surface area contributed by atoms with Crippen molar-refractivity contribution in [2.45, 2.75) is 31.0 Å². The lowest BCUT2D eigenvalue weighted by atomic mass is 10.1. The molecule has 0 aliphatic heterocycles. The molecule has 13 heavy (non-hydrogen) atoms. The van der Waals surface area contributed by atoms with Crippen LogP contribution in [-0.4, -0.2) is 34.8 Å². The first-order valence-electron chi connectivity index (χ1n) is 3.04. The lowest BCUT2D eigenvalue weighted by Crippen LogP contribution is -2.38. The predicted octanol–water partition coefficient (Wildman–Crippen LogP) is 1.22. The van der Waals surface area contributed by atoms with Crippen molar-refractivity contribution in [2.75, 3.05) is 0 Å². The quantitative estimate of drug-likeness (QED) is 0.675. The van der Waals surface area contributed by atoms with Crippen molar-refractivity contribution in [1.82, 2.24) is 0 Å². The van der Waals surface area contributed by atoms with Gasteiger partial charge in [0.05, 0.1) is 0 Å². The first kappa shape index (κ1) is 12.5. The van der Waals surface area contributed by atoms with E-state index in [1.54, 1.807) is 0 Å². The van der Waals surface area contributed by atoms with Gasteiger partial charge in [-0.2, -0.15) is 26.3 Å². The van der Waals surface area contributed by atoms with Gasteiger partial charge in [0.1, 0.15) is 0 Å². The minimum atomic E-state index is -5.15. The maximum atomic E-state index is 11.5. The van der Waals surface area contributed by atoms with Crippen LogP contribution in [-0.2, 0) is 0 Å². The maximum absolute atomic E-state index is 11.5. The van der Waals surface area contributed by atoms with Gasteiger partial charge < -0.3 is 10.2 Å². The third-order valence-electron chi connectivity index (χ3n) is 1.20. The molecule has 0 aliphatic rings. The molecule has 0 bridgehead atoms.